The Hall–Kier alpha value is -0.340. The van der Waals surface area contributed by atoms with E-state index in [9.17, 15) is 0 Å². The minimum Gasteiger partial charge on any atom is -0.354 e. The molecule has 0 amide bonds. The maximum atomic E-state index is 5.66. The van der Waals surface area contributed by atoms with Gasteiger partial charge < -0.3 is 4.74 Å². The molecule has 0 aliphatic carbocycles. The van der Waals surface area contributed by atoms with Gasteiger partial charge in [-0.1, -0.05) is 6.58 Å². The fraction of sp³-hybridized carbons (Fsp3) is 0.778. The average Bonchev–Trinajstić information content (AvgIpc) is 1.80. The Labute approximate surface area is 69.8 Å². The minimum atomic E-state index is -0.108. The van der Waals surface area contributed by atoms with Crippen LogP contribution in [0.25, 0.3) is 0 Å². The van der Waals surface area contributed by atoms with Crippen LogP contribution in [0.15, 0.2) is 12.7 Å². The van der Waals surface area contributed by atoms with Crippen molar-refractivity contribution in [3.63, 3.8) is 0 Å². The van der Waals surface area contributed by atoms with E-state index in [2.05, 4.69) is 6.58 Å². The van der Waals surface area contributed by atoms with Gasteiger partial charge in [0, 0.05) is 0 Å². The summed E-state index contributed by atoms with van der Waals surface area (Å²) < 4.78 is 5.66. The molecule has 1 atom stereocenters. The van der Waals surface area contributed by atoms with E-state index in [0.29, 0.717) is 0 Å². The first kappa shape index (κ1) is 10.7. The molecular formula is C9H19NO. The molecule has 0 saturated heterocycles. The molecule has 0 fully saturated rings. The van der Waals surface area contributed by atoms with E-state index in [1.54, 1.807) is 6.08 Å². The zero-order valence-electron chi connectivity index (χ0n) is 8.22. The van der Waals surface area contributed by atoms with E-state index in [0.717, 1.165) is 0 Å². The first-order chi connectivity index (χ1) is 4.87. The van der Waals surface area contributed by atoms with Gasteiger partial charge in [0.1, 0.15) is 6.23 Å². The predicted molar refractivity (Wildman–Crippen MR) is 48.5 cm³/mol. The Bertz CT molecular complexity index is 124. The van der Waals surface area contributed by atoms with Crippen LogP contribution in [0.5, 0.6) is 0 Å². The highest BCUT2D eigenvalue weighted by molar-refractivity contribution is 4.80. The summed E-state index contributed by atoms with van der Waals surface area (Å²) in [4.78, 5) is 1.98. The molecule has 0 rings (SSSR count). The zero-order chi connectivity index (χ0) is 9.07. The van der Waals surface area contributed by atoms with Crippen LogP contribution in [0.4, 0.5) is 0 Å². The van der Waals surface area contributed by atoms with Gasteiger partial charge in [-0.05, 0) is 40.9 Å². The second-order valence-electron chi connectivity index (χ2n) is 3.82. The Morgan fingerprint density at radius 3 is 1.91 bits per heavy atom. The average molecular weight is 157 g/mol. The Morgan fingerprint density at radius 2 is 1.82 bits per heavy atom. The highest BCUT2D eigenvalue weighted by Gasteiger charge is 2.17. The van der Waals surface area contributed by atoms with Crippen molar-refractivity contribution in [3.05, 3.63) is 12.7 Å². The highest BCUT2D eigenvalue weighted by atomic mass is 16.5. The molecule has 0 aromatic carbocycles. The molecule has 0 spiro atoms. The largest absolute Gasteiger partial charge is 0.354 e. The lowest BCUT2D eigenvalue weighted by atomic mass is 10.2. The van der Waals surface area contributed by atoms with Gasteiger partial charge >= 0.3 is 0 Å². The van der Waals surface area contributed by atoms with Crippen molar-refractivity contribution < 1.29 is 4.74 Å². The third-order valence-electron chi connectivity index (χ3n) is 1.18. The van der Waals surface area contributed by atoms with Crippen molar-refractivity contribution in [2.45, 2.75) is 32.6 Å². The maximum Gasteiger partial charge on any atom is 0.129 e. The highest BCUT2D eigenvalue weighted by Crippen LogP contribution is 2.12. The van der Waals surface area contributed by atoms with Gasteiger partial charge in [-0.3, -0.25) is 4.90 Å². The van der Waals surface area contributed by atoms with Gasteiger partial charge in [0.25, 0.3) is 0 Å². The SMILES string of the molecule is C=CC(OC(C)(C)C)N(C)C. The van der Waals surface area contributed by atoms with Crippen molar-refractivity contribution in [3.8, 4) is 0 Å². The number of nitrogens with zero attached hydrogens (tertiary/aromatic N) is 1. The monoisotopic (exact) mass is 157 g/mol. The Balaban J connectivity index is 3.99. The number of hydrogen-bond acceptors (Lipinski definition) is 2. The predicted octanol–water partition coefficient (Wildman–Crippen LogP) is 1.88. The third kappa shape index (κ3) is 4.99. The number of rotatable bonds is 3. The zero-order valence-corrected chi connectivity index (χ0v) is 8.22. The van der Waals surface area contributed by atoms with E-state index in [1.807, 2.05) is 39.8 Å². The maximum absolute atomic E-state index is 5.66. The molecule has 0 aliphatic heterocycles. The smallest absolute Gasteiger partial charge is 0.129 e. The summed E-state index contributed by atoms with van der Waals surface area (Å²) in [6.07, 6.45) is 1.81. The molecule has 0 aromatic heterocycles. The molecule has 11 heavy (non-hydrogen) atoms. The van der Waals surface area contributed by atoms with Gasteiger partial charge in [-0.25, -0.2) is 0 Å². The molecule has 0 radical (unpaired) electrons. The van der Waals surface area contributed by atoms with Crippen molar-refractivity contribution >= 4 is 0 Å². The van der Waals surface area contributed by atoms with Crippen LogP contribution in [-0.4, -0.2) is 30.8 Å². The van der Waals surface area contributed by atoms with Gasteiger partial charge in [0.05, 0.1) is 5.60 Å². The summed E-state index contributed by atoms with van der Waals surface area (Å²) in [5.41, 5.74) is -0.108. The minimum absolute atomic E-state index is 0.00926. The van der Waals surface area contributed by atoms with Crippen LogP contribution >= 0.6 is 0 Å². The van der Waals surface area contributed by atoms with Crippen LogP contribution in [0.3, 0.4) is 0 Å². The molecule has 0 aliphatic rings. The second kappa shape index (κ2) is 3.88. The van der Waals surface area contributed by atoms with Crippen molar-refractivity contribution in [1.29, 1.82) is 0 Å². The fourth-order valence-corrected chi connectivity index (χ4v) is 0.727. The number of likely N-dealkylation sites (N-methyl/N-ethyl adjacent to an activating group) is 1. The van der Waals surface area contributed by atoms with Gasteiger partial charge in [0.15, 0.2) is 0 Å². The normalized spacial score (nSPS) is 15.1. The summed E-state index contributed by atoms with van der Waals surface area (Å²) in [5.74, 6) is 0. The van der Waals surface area contributed by atoms with Gasteiger partial charge in [0.2, 0.25) is 0 Å². The summed E-state index contributed by atoms with van der Waals surface area (Å²) in [6.45, 7) is 9.80. The van der Waals surface area contributed by atoms with E-state index >= 15 is 0 Å². The summed E-state index contributed by atoms with van der Waals surface area (Å²) in [5, 5.41) is 0. The van der Waals surface area contributed by atoms with Crippen LogP contribution < -0.4 is 0 Å². The van der Waals surface area contributed by atoms with Gasteiger partial charge in [-0.2, -0.15) is 0 Å². The molecule has 2 heteroatoms. The van der Waals surface area contributed by atoms with Crippen LogP contribution in [0.1, 0.15) is 20.8 Å². The fourth-order valence-electron chi connectivity index (χ4n) is 0.727. The second-order valence-corrected chi connectivity index (χ2v) is 3.82. The molecular weight excluding hydrogens is 138 g/mol. The van der Waals surface area contributed by atoms with Crippen LogP contribution in [0.2, 0.25) is 0 Å². The quantitative estimate of drug-likeness (QED) is 0.458. The van der Waals surface area contributed by atoms with E-state index in [1.165, 1.54) is 0 Å². The van der Waals surface area contributed by atoms with Crippen molar-refractivity contribution in [2.24, 2.45) is 0 Å². The van der Waals surface area contributed by atoms with Crippen LogP contribution in [-0.2, 0) is 4.74 Å². The molecule has 1 unspecified atom stereocenters. The Kier molecular flexibility index (Phi) is 3.76. The molecule has 0 saturated carbocycles. The lowest BCUT2D eigenvalue weighted by Gasteiger charge is -2.29. The lowest BCUT2D eigenvalue weighted by molar-refractivity contribution is -0.0927. The van der Waals surface area contributed by atoms with Crippen molar-refractivity contribution in [2.75, 3.05) is 14.1 Å². The van der Waals surface area contributed by atoms with Crippen LogP contribution in [0, 0.1) is 0 Å². The molecule has 66 valence electrons. The lowest BCUT2D eigenvalue weighted by Crippen LogP contribution is -2.35. The summed E-state index contributed by atoms with van der Waals surface area (Å²) >= 11 is 0. The van der Waals surface area contributed by atoms with E-state index in [4.69, 9.17) is 4.74 Å². The number of ether oxygens (including phenoxy) is 1. The molecule has 0 heterocycles. The van der Waals surface area contributed by atoms with Crippen molar-refractivity contribution in [1.82, 2.24) is 4.90 Å². The molecule has 0 aromatic rings. The number of hydrogen-bond donors (Lipinski definition) is 0. The Morgan fingerprint density at radius 1 is 1.36 bits per heavy atom. The molecule has 0 N–H and O–H groups in total. The topological polar surface area (TPSA) is 12.5 Å². The summed E-state index contributed by atoms with van der Waals surface area (Å²) in [7, 11) is 3.94. The molecule has 2 nitrogen and oxygen atoms in total. The summed E-state index contributed by atoms with van der Waals surface area (Å²) in [6, 6.07) is 0. The van der Waals surface area contributed by atoms with E-state index in [-0.39, 0.29) is 11.8 Å². The first-order valence-electron chi connectivity index (χ1n) is 3.83. The standard InChI is InChI=1S/C9H19NO/c1-7-8(10(5)6)11-9(2,3)4/h7-8H,1H2,2-6H3. The van der Waals surface area contributed by atoms with E-state index < -0.39 is 0 Å². The first-order valence-corrected chi connectivity index (χ1v) is 3.83. The van der Waals surface area contributed by atoms with Gasteiger partial charge in [-0.15, -0.1) is 0 Å². The third-order valence-corrected chi connectivity index (χ3v) is 1.18. The molecule has 0 bridgehead atoms.